The molecule has 3 unspecified atom stereocenters. The summed E-state index contributed by atoms with van der Waals surface area (Å²) in [6, 6.07) is 12.8. The molecule has 0 saturated carbocycles. The van der Waals surface area contributed by atoms with E-state index in [-0.39, 0.29) is 31.7 Å². The van der Waals surface area contributed by atoms with Gasteiger partial charge in [-0.15, -0.1) is 10.6 Å². The summed E-state index contributed by atoms with van der Waals surface area (Å²) in [5.74, 6) is -1.62. The molecule has 4 bridgehead atoms. The van der Waals surface area contributed by atoms with Gasteiger partial charge in [-0.05, 0) is 55.9 Å². The second kappa shape index (κ2) is 19.7. The molecule has 3 aliphatic rings. The lowest BCUT2D eigenvalue weighted by atomic mass is 9.85. The summed E-state index contributed by atoms with van der Waals surface area (Å²) in [5.41, 5.74) is 6.10. The average molecular weight is 820 g/mol. The van der Waals surface area contributed by atoms with E-state index in [2.05, 4.69) is 37.4 Å². The smallest absolute Gasteiger partial charge is 0.251 e. The number of hydrogen-bond acceptors (Lipinski definition) is 12. The van der Waals surface area contributed by atoms with Crippen LogP contribution >= 0.6 is 0 Å². The minimum Gasteiger partial charge on any atom is -0.493 e. The largest absolute Gasteiger partial charge is 0.493 e. The van der Waals surface area contributed by atoms with Gasteiger partial charge in [0.05, 0.1) is 43.9 Å². The molecule has 17 heteroatoms. The first-order valence-electron chi connectivity index (χ1n) is 20.4. The Hall–Kier alpha value is -5.26. The molecule has 5 amide bonds. The number of carbonyl (C=O) groups is 5. The maximum Gasteiger partial charge on any atom is 0.251 e. The Labute approximate surface area is 346 Å². The van der Waals surface area contributed by atoms with E-state index in [1.807, 2.05) is 97.0 Å². The number of nitrogens with zero attached hydrogens (tertiary/aromatic N) is 3. The topological polar surface area (TPSA) is 215 Å². The van der Waals surface area contributed by atoms with Crippen molar-refractivity contribution in [2.75, 3.05) is 26.3 Å². The van der Waals surface area contributed by atoms with Crippen LogP contribution in [0.15, 0.2) is 59.7 Å². The normalized spacial score (nSPS) is 21.9. The predicted molar refractivity (Wildman–Crippen MR) is 220 cm³/mol. The summed E-state index contributed by atoms with van der Waals surface area (Å²) in [4.78, 5) is 70.1. The minimum absolute atomic E-state index is 0.0285. The van der Waals surface area contributed by atoms with Crippen LogP contribution in [0.1, 0.15) is 91.3 Å². The van der Waals surface area contributed by atoms with Crippen molar-refractivity contribution in [2.24, 2.45) is 10.5 Å². The average Bonchev–Trinajstić information content (AvgIpc) is 3.86. The Kier molecular flexibility index (Phi) is 14.9. The van der Waals surface area contributed by atoms with Gasteiger partial charge in [-0.1, -0.05) is 76.6 Å². The number of rotatable bonds is 11. The van der Waals surface area contributed by atoms with Gasteiger partial charge in [-0.3, -0.25) is 29.0 Å². The Balaban J connectivity index is 1.27. The van der Waals surface area contributed by atoms with Gasteiger partial charge in [0.15, 0.2) is 11.9 Å². The van der Waals surface area contributed by atoms with E-state index in [0.717, 1.165) is 11.1 Å². The van der Waals surface area contributed by atoms with Crippen LogP contribution in [0.5, 0.6) is 5.75 Å². The number of amidine groups is 1. The highest BCUT2D eigenvalue weighted by molar-refractivity contribution is 5.96. The molecule has 322 valence electrons. The Morgan fingerprint density at radius 2 is 1.75 bits per heavy atom. The van der Waals surface area contributed by atoms with Crippen molar-refractivity contribution in [3.05, 3.63) is 65.7 Å². The fourth-order valence-electron chi connectivity index (χ4n) is 7.32. The standard InChI is InChI=1S/C42H61N9O8/c1-8-14-30(35(54)39(56)43-24-33(53)45-34(27-16-10-9-11-17-27)37-47-48-49-51(37)42(5,6)7)44-38(55)31-23-29-25-50(31)40(57)36(41(2,3)4)46-32(52)22-26-15-12-18-28(21-26)58-19-13-20-59-29/h9-12,15-18,21,29-31,34-36,48-49,54H,8,13-14,19-20,22-25H2,1-7H3,(H,43,56)(H,44,55)(H,45,53)(H,46,52)/t29-,30?,31+,34?,35?,36-/m1/s1. The number of hydrogen-bond donors (Lipinski definition) is 7. The molecule has 5 rings (SSSR count). The van der Waals surface area contributed by atoms with Gasteiger partial charge >= 0.3 is 0 Å². The molecule has 2 aromatic carbocycles. The highest BCUT2D eigenvalue weighted by atomic mass is 16.5. The van der Waals surface area contributed by atoms with E-state index >= 15 is 0 Å². The number of ether oxygens (including phenoxy) is 2. The third-order valence-corrected chi connectivity index (χ3v) is 10.4. The number of carbonyl (C=O) groups excluding carboxylic acids is 5. The van der Waals surface area contributed by atoms with Crippen LogP contribution in [0.2, 0.25) is 0 Å². The molecule has 3 heterocycles. The summed E-state index contributed by atoms with van der Waals surface area (Å²) in [6.45, 7) is 13.7. The number of fused-ring (bicyclic) bond motifs is 4. The highest BCUT2D eigenvalue weighted by Gasteiger charge is 2.46. The number of hydrazone groups is 1. The SMILES string of the molecule is CCCC(NC(=O)[C@@H]1C[C@@H]2CN1C(=O)[C@H](C(C)(C)C)NC(=O)Cc1cccc(c1)OCCCO2)C(O)C(=O)NCC(=O)NC(C1=NNNN1C(C)(C)C)c1ccccc1. The van der Waals surface area contributed by atoms with Gasteiger partial charge in [-0.2, -0.15) is 0 Å². The zero-order chi connectivity index (χ0) is 42.9. The van der Waals surface area contributed by atoms with E-state index in [1.165, 1.54) is 4.90 Å². The molecule has 0 aromatic heterocycles. The first-order valence-corrected chi connectivity index (χ1v) is 20.4. The van der Waals surface area contributed by atoms with Crippen molar-refractivity contribution < 1.29 is 38.6 Å². The van der Waals surface area contributed by atoms with Gasteiger partial charge in [0.1, 0.15) is 23.9 Å². The molecule has 6 atom stereocenters. The molecule has 17 nitrogen and oxygen atoms in total. The van der Waals surface area contributed by atoms with Crippen LogP contribution in [0.3, 0.4) is 0 Å². The zero-order valence-electron chi connectivity index (χ0n) is 35.2. The summed E-state index contributed by atoms with van der Waals surface area (Å²) in [5, 5.41) is 28.7. The molecule has 0 spiro atoms. The summed E-state index contributed by atoms with van der Waals surface area (Å²) >= 11 is 0. The Morgan fingerprint density at radius 1 is 1.00 bits per heavy atom. The second-order valence-electron chi connectivity index (χ2n) is 17.3. The van der Waals surface area contributed by atoms with Crippen molar-refractivity contribution in [2.45, 2.75) is 122 Å². The lowest BCUT2D eigenvalue weighted by molar-refractivity contribution is -0.144. The third kappa shape index (κ3) is 11.9. The van der Waals surface area contributed by atoms with E-state index in [9.17, 15) is 29.1 Å². The molecule has 7 N–H and O–H groups in total. The molecule has 1 saturated heterocycles. The maximum absolute atomic E-state index is 14.4. The molecule has 3 aliphatic heterocycles. The fourth-order valence-corrected chi connectivity index (χ4v) is 7.32. The van der Waals surface area contributed by atoms with Crippen LogP contribution in [0.25, 0.3) is 0 Å². The van der Waals surface area contributed by atoms with Crippen LogP contribution < -0.4 is 37.1 Å². The van der Waals surface area contributed by atoms with Crippen LogP contribution in [0.4, 0.5) is 0 Å². The molecule has 0 aliphatic carbocycles. The lowest BCUT2D eigenvalue weighted by Gasteiger charge is -2.36. The lowest BCUT2D eigenvalue weighted by Crippen LogP contribution is -2.59. The number of aliphatic hydroxyl groups is 1. The number of nitrogens with one attached hydrogen (secondary N) is 6. The van der Waals surface area contributed by atoms with Gasteiger partial charge in [0.25, 0.3) is 5.91 Å². The number of hydrazine groups is 2. The molecule has 1 fully saturated rings. The first-order chi connectivity index (χ1) is 28.0. The number of amides is 5. The monoisotopic (exact) mass is 819 g/mol. The number of benzene rings is 2. The third-order valence-electron chi connectivity index (χ3n) is 10.4. The highest BCUT2D eigenvalue weighted by Crippen LogP contribution is 2.29. The zero-order valence-corrected chi connectivity index (χ0v) is 35.2. The van der Waals surface area contributed by atoms with Gasteiger partial charge in [-0.25, -0.2) is 5.53 Å². The number of aliphatic hydroxyl groups excluding tert-OH is 1. The molecule has 59 heavy (non-hydrogen) atoms. The Bertz CT molecular complexity index is 1830. The summed E-state index contributed by atoms with van der Waals surface area (Å²) < 4.78 is 12.0. The van der Waals surface area contributed by atoms with E-state index in [0.29, 0.717) is 37.6 Å². The van der Waals surface area contributed by atoms with E-state index in [4.69, 9.17) is 9.47 Å². The van der Waals surface area contributed by atoms with E-state index < -0.39 is 77.5 Å². The van der Waals surface area contributed by atoms with E-state index in [1.54, 1.807) is 11.1 Å². The van der Waals surface area contributed by atoms with Crippen LogP contribution in [-0.2, 0) is 35.1 Å². The second-order valence-corrected chi connectivity index (χ2v) is 17.3. The molecule has 0 radical (unpaired) electrons. The van der Waals surface area contributed by atoms with Gasteiger partial charge in [0, 0.05) is 19.4 Å². The molecule has 2 aromatic rings. The maximum atomic E-state index is 14.4. The minimum atomic E-state index is -1.72. The van der Waals surface area contributed by atoms with Crippen molar-refractivity contribution in [1.82, 2.24) is 42.2 Å². The summed E-state index contributed by atoms with van der Waals surface area (Å²) in [7, 11) is 0. The first kappa shape index (κ1) is 44.8. The fraction of sp³-hybridized carbons (Fsp3) is 0.571. The summed E-state index contributed by atoms with van der Waals surface area (Å²) in [6.07, 6.45) is -0.724. The molecular formula is C42H61N9O8. The quantitative estimate of drug-likeness (QED) is 0.173. The van der Waals surface area contributed by atoms with Crippen LogP contribution in [-0.4, -0.2) is 113 Å². The van der Waals surface area contributed by atoms with Crippen molar-refractivity contribution in [3.63, 3.8) is 0 Å². The molecular weight excluding hydrogens is 759 g/mol. The van der Waals surface area contributed by atoms with Gasteiger partial charge < -0.3 is 40.7 Å². The van der Waals surface area contributed by atoms with Crippen molar-refractivity contribution in [1.29, 1.82) is 0 Å². The van der Waals surface area contributed by atoms with Crippen molar-refractivity contribution >= 4 is 35.4 Å². The predicted octanol–water partition coefficient (Wildman–Crippen LogP) is 1.58. The van der Waals surface area contributed by atoms with Gasteiger partial charge in [0.2, 0.25) is 23.6 Å². The van der Waals surface area contributed by atoms with Crippen molar-refractivity contribution in [3.8, 4) is 5.75 Å². The Morgan fingerprint density at radius 3 is 2.44 bits per heavy atom. The van der Waals surface area contributed by atoms with Crippen LogP contribution in [0, 0.1) is 5.41 Å².